The minimum Gasteiger partial charge on any atom is -0.489 e. The number of carbonyl (C=O) groups is 2. The zero-order valence-electron chi connectivity index (χ0n) is 23.9. The van der Waals surface area contributed by atoms with Crippen LogP contribution >= 0.6 is 0 Å². The minimum absolute atomic E-state index is 0.00460. The van der Waals surface area contributed by atoms with Crippen molar-refractivity contribution < 1.29 is 14.3 Å². The van der Waals surface area contributed by atoms with Gasteiger partial charge in [-0.2, -0.15) is 0 Å². The number of benzene rings is 3. The summed E-state index contributed by atoms with van der Waals surface area (Å²) in [5.41, 5.74) is 3.78. The molecule has 1 N–H and O–H groups in total. The number of rotatable bonds is 9. The largest absolute Gasteiger partial charge is 0.489 e. The Kier molecular flexibility index (Phi) is 8.55. The van der Waals surface area contributed by atoms with Crippen LogP contribution in [0, 0.1) is 12.8 Å². The molecule has 0 aliphatic carbocycles. The average Bonchev–Trinajstić information content (AvgIpc) is 2.95. The van der Waals surface area contributed by atoms with Gasteiger partial charge in [-0.3, -0.25) is 14.5 Å². The van der Waals surface area contributed by atoms with Crippen LogP contribution in [0.1, 0.15) is 55.4 Å². The van der Waals surface area contributed by atoms with Gasteiger partial charge in [-0.05, 0) is 60.9 Å². The average molecular weight is 540 g/mol. The van der Waals surface area contributed by atoms with E-state index in [9.17, 15) is 9.59 Å². The van der Waals surface area contributed by atoms with Crippen molar-refractivity contribution in [1.29, 1.82) is 0 Å². The van der Waals surface area contributed by atoms with E-state index in [1.54, 1.807) is 0 Å². The molecule has 2 aliphatic heterocycles. The van der Waals surface area contributed by atoms with Gasteiger partial charge in [0.25, 0.3) is 0 Å². The number of amides is 2. The highest BCUT2D eigenvalue weighted by Gasteiger charge is 2.53. The monoisotopic (exact) mass is 539 g/mol. The fourth-order valence-electron chi connectivity index (χ4n) is 6.00. The number of piperazine rings is 1. The van der Waals surface area contributed by atoms with Crippen LogP contribution in [0.25, 0.3) is 0 Å². The quantitative estimate of drug-likeness (QED) is 0.391. The van der Waals surface area contributed by atoms with E-state index in [1.165, 1.54) is 5.56 Å². The lowest BCUT2D eigenvalue weighted by atomic mass is 9.80. The van der Waals surface area contributed by atoms with Crippen molar-refractivity contribution in [1.82, 2.24) is 15.1 Å². The molecule has 0 aromatic heterocycles. The van der Waals surface area contributed by atoms with Crippen molar-refractivity contribution in [2.45, 2.75) is 71.3 Å². The third-order valence-corrected chi connectivity index (χ3v) is 8.20. The van der Waals surface area contributed by atoms with Crippen molar-refractivity contribution >= 4 is 11.8 Å². The maximum absolute atomic E-state index is 13.8. The highest BCUT2D eigenvalue weighted by Crippen LogP contribution is 2.35. The maximum Gasteiger partial charge on any atom is 0.246 e. The molecule has 5 rings (SSSR count). The SMILES string of the molecule is Cc1cccc(CN2C(=O)C(CC(C)C)NC(=O)C23CCN(Cc2ccc(OCc4ccccc4)cc2)CC3)c1. The van der Waals surface area contributed by atoms with E-state index in [-0.39, 0.29) is 11.8 Å². The zero-order valence-corrected chi connectivity index (χ0v) is 23.9. The highest BCUT2D eigenvalue weighted by molar-refractivity contribution is 6.00. The molecule has 3 aromatic rings. The number of hydrogen-bond acceptors (Lipinski definition) is 4. The zero-order chi connectivity index (χ0) is 28.1. The summed E-state index contributed by atoms with van der Waals surface area (Å²) in [6.45, 7) is 9.58. The van der Waals surface area contributed by atoms with Crippen molar-refractivity contribution in [3.05, 3.63) is 101 Å². The first-order valence-electron chi connectivity index (χ1n) is 14.5. The van der Waals surface area contributed by atoms with Crippen LogP contribution in [0.15, 0.2) is 78.9 Å². The van der Waals surface area contributed by atoms with Crippen LogP contribution < -0.4 is 10.1 Å². The van der Waals surface area contributed by atoms with Crippen LogP contribution in [0.2, 0.25) is 0 Å². The number of hydrogen-bond donors (Lipinski definition) is 1. The van der Waals surface area contributed by atoms with Gasteiger partial charge in [-0.15, -0.1) is 0 Å². The van der Waals surface area contributed by atoms with Crippen LogP contribution in [0.3, 0.4) is 0 Å². The summed E-state index contributed by atoms with van der Waals surface area (Å²) in [5, 5.41) is 3.12. The molecule has 6 heteroatoms. The number of likely N-dealkylation sites (tertiary alicyclic amines) is 1. The molecular formula is C34H41N3O3. The number of carbonyl (C=O) groups excluding carboxylic acids is 2. The predicted molar refractivity (Wildman–Crippen MR) is 158 cm³/mol. The summed E-state index contributed by atoms with van der Waals surface area (Å²) in [7, 11) is 0. The minimum atomic E-state index is -0.806. The third kappa shape index (κ3) is 6.39. The van der Waals surface area contributed by atoms with Crippen molar-refractivity contribution in [3.63, 3.8) is 0 Å². The van der Waals surface area contributed by atoms with E-state index >= 15 is 0 Å². The lowest BCUT2D eigenvalue weighted by Gasteiger charge is -2.52. The molecule has 2 heterocycles. The molecule has 2 saturated heterocycles. The molecular weight excluding hydrogens is 498 g/mol. The second kappa shape index (κ2) is 12.3. The van der Waals surface area contributed by atoms with Gasteiger partial charge in [0.15, 0.2) is 0 Å². The van der Waals surface area contributed by atoms with Gasteiger partial charge in [0.2, 0.25) is 11.8 Å². The second-order valence-corrected chi connectivity index (χ2v) is 11.8. The van der Waals surface area contributed by atoms with E-state index < -0.39 is 11.6 Å². The van der Waals surface area contributed by atoms with E-state index in [0.29, 0.717) is 38.3 Å². The van der Waals surface area contributed by atoms with Gasteiger partial charge in [-0.25, -0.2) is 0 Å². The Morgan fingerprint density at radius 3 is 2.25 bits per heavy atom. The first-order chi connectivity index (χ1) is 19.3. The molecule has 6 nitrogen and oxygen atoms in total. The molecule has 0 radical (unpaired) electrons. The van der Waals surface area contributed by atoms with Gasteiger partial charge in [-0.1, -0.05) is 86.1 Å². The van der Waals surface area contributed by atoms with Crippen LogP contribution in [-0.2, 0) is 29.3 Å². The van der Waals surface area contributed by atoms with Crippen molar-refractivity contribution in [2.24, 2.45) is 5.92 Å². The van der Waals surface area contributed by atoms with Gasteiger partial charge < -0.3 is 15.0 Å². The normalized spacial score (nSPS) is 19.2. The number of ether oxygens (including phenoxy) is 1. The molecule has 1 atom stereocenters. The van der Waals surface area contributed by atoms with Gasteiger partial charge in [0.05, 0.1) is 0 Å². The Morgan fingerprint density at radius 1 is 0.875 bits per heavy atom. The summed E-state index contributed by atoms with van der Waals surface area (Å²) < 4.78 is 5.94. The van der Waals surface area contributed by atoms with E-state index in [4.69, 9.17) is 4.74 Å². The number of nitrogens with zero attached hydrogens (tertiary/aromatic N) is 2. The topological polar surface area (TPSA) is 61.9 Å². The summed E-state index contributed by atoms with van der Waals surface area (Å²) in [4.78, 5) is 31.8. The molecule has 2 fully saturated rings. The summed E-state index contributed by atoms with van der Waals surface area (Å²) in [6.07, 6.45) is 1.91. The molecule has 1 spiro atoms. The number of piperidine rings is 1. The van der Waals surface area contributed by atoms with Crippen molar-refractivity contribution in [3.8, 4) is 5.75 Å². The molecule has 40 heavy (non-hydrogen) atoms. The lowest BCUT2D eigenvalue weighted by Crippen LogP contribution is -2.72. The number of aryl methyl sites for hydroxylation is 1. The smallest absolute Gasteiger partial charge is 0.246 e. The molecule has 2 aliphatic rings. The summed E-state index contributed by atoms with van der Waals surface area (Å²) in [5.74, 6) is 1.23. The fraction of sp³-hybridized carbons (Fsp3) is 0.412. The Morgan fingerprint density at radius 2 is 1.57 bits per heavy atom. The fourth-order valence-corrected chi connectivity index (χ4v) is 6.00. The third-order valence-electron chi connectivity index (χ3n) is 8.20. The van der Waals surface area contributed by atoms with Gasteiger partial charge in [0, 0.05) is 26.2 Å². The Hall–Kier alpha value is -3.64. The molecule has 1 unspecified atom stereocenters. The molecule has 210 valence electrons. The van der Waals surface area contributed by atoms with E-state index in [0.717, 1.165) is 42.1 Å². The number of nitrogens with one attached hydrogen (secondary N) is 1. The first-order valence-corrected chi connectivity index (χ1v) is 14.5. The molecule has 0 saturated carbocycles. The maximum atomic E-state index is 13.8. The molecule has 2 amide bonds. The summed E-state index contributed by atoms with van der Waals surface area (Å²) >= 11 is 0. The predicted octanol–water partition coefficient (Wildman–Crippen LogP) is 5.48. The Bertz CT molecular complexity index is 1300. The van der Waals surface area contributed by atoms with Crippen LogP contribution in [0.4, 0.5) is 0 Å². The lowest BCUT2D eigenvalue weighted by molar-refractivity contribution is -0.162. The van der Waals surface area contributed by atoms with Gasteiger partial charge >= 0.3 is 0 Å². The van der Waals surface area contributed by atoms with Gasteiger partial charge in [0.1, 0.15) is 23.9 Å². The Labute approximate surface area is 238 Å². The first kappa shape index (κ1) is 27.9. The van der Waals surface area contributed by atoms with Crippen LogP contribution in [0.5, 0.6) is 5.75 Å². The highest BCUT2D eigenvalue weighted by atomic mass is 16.5. The molecule has 3 aromatic carbocycles. The van der Waals surface area contributed by atoms with E-state index in [1.807, 2.05) is 41.3 Å². The van der Waals surface area contributed by atoms with E-state index in [2.05, 4.69) is 73.5 Å². The standard InChI is InChI=1S/C34H41N3O3/c1-25(2)20-31-32(38)37(23-29-11-7-8-26(3)21-29)34(33(39)35-31)16-18-36(19-17-34)22-27-12-14-30(15-13-27)40-24-28-9-5-4-6-10-28/h4-15,21,25,31H,16-20,22-24H2,1-3H3,(H,35,39). The molecule has 0 bridgehead atoms. The second-order valence-electron chi connectivity index (χ2n) is 11.8. The van der Waals surface area contributed by atoms with Crippen LogP contribution in [-0.4, -0.2) is 46.3 Å². The Balaban J connectivity index is 1.24. The van der Waals surface area contributed by atoms with Crippen molar-refractivity contribution in [2.75, 3.05) is 13.1 Å². The summed E-state index contributed by atoms with van der Waals surface area (Å²) in [6, 6.07) is 26.2.